The van der Waals surface area contributed by atoms with Gasteiger partial charge >= 0.3 is 0 Å². The topological polar surface area (TPSA) is 32.7 Å². The number of nitrogens with zero attached hydrogens (tertiary/aromatic N) is 1. The molecule has 1 atom stereocenters. The molecule has 25 heavy (non-hydrogen) atoms. The first-order valence-corrected chi connectivity index (χ1v) is 8.84. The van der Waals surface area contributed by atoms with E-state index in [-0.39, 0.29) is 17.8 Å². The Hall–Kier alpha value is -1.91. The standard InChI is InChI=1S/C21H26FNO2/c1-25-19-8-4-6-17(12-19)14-23-11-5-10-21(15-23,16-24)13-18-7-2-3-9-20(18)22/h2-4,6-9,12,24H,5,10-11,13-16H2,1H3/t21-/m0/s1. The smallest absolute Gasteiger partial charge is 0.126 e. The lowest BCUT2D eigenvalue weighted by atomic mass is 9.75. The lowest BCUT2D eigenvalue weighted by Gasteiger charge is -2.42. The Bertz CT molecular complexity index is 706. The molecule has 0 aromatic heterocycles. The highest BCUT2D eigenvalue weighted by molar-refractivity contribution is 5.28. The third-order valence-corrected chi connectivity index (χ3v) is 5.14. The summed E-state index contributed by atoms with van der Waals surface area (Å²) in [6.07, 6.45) is 2.51. The van der Waals surface area contributed by atoms with E-state index >= 15 is 0 Å². The Morgan fingerprint density at radius 1 is 1.20 bits per heavy atom. The first-order chi connectivity index (χ1) is 12.1. The van der Waals surface area contributed by atoms with Crippen LogP contribution in [0.1, 0.15) is 24.0 Å². The summed E-state index contributed by atoms with van der Waals surface area (Å²) in [5, 5.41) is 10.1. The van der Waals surface area contributed by atoms with E-state index < -0.39 is 0 Å². The molecule has 1 aliphatic rings. The number of benzene rings is 2. The molecule has 0 spiro atoms. The lowest BCUT2D eigenvalue weighted by Crippen LogP contribution is -2.46. The maximum atomic E-state index is 14.1. The van der Waals surface area contributed by atoms with Gasteiger partial charge in [0.05, 0.1) is 13.7 Å². The van der Waals surface area contributed by atoms with Crippen LogP contribution < -0.4 is 4.74 Å². The predicted molar refractivity (Wildman–Crippen MR) is 97.1 cm³/mol. The number of ether oxygens (including phenoxy) is 1. The van der Waals surface area contributed by atoms with Crippen molar-refractivity contribution in [2.24, 2.45) is 5.41 Å². The number of piperidine rings is 1. The minimum Gasteiger partial charge on any atom is -0.497 e. The third-order valence-electron chi connectivity index (χ3n) is 5.14. The summed E-state index contributed by atoms with van der Waals surface area (Å²) >= 11 is 0. The summed E-state index contributed by atoms with van der Waals surface area (Å²) in [5.74, 6) is 0.675. The second-order valence-corrected chi connectivity index (χ2v) is 7.09. The molecule has 0 radical (unpaired) electrons. The Morgan fingerprint density at radius 2 is 2.04 bits per heavy atom. The van der Waals surface area contributed by atoms with Crippen molar-refractivity contribution < 1.29 is 14.2 Å². The molecule has 0 saturated carbocycles. The zero-order chi connectivity index (χ0) is 17.7. The maximum Gasteiger partial charge on any atom is 0.126 e. The highest BCUT2D eigenvalue weighted by atomic mass is 19.1. The van der Waals surface area contributed by atoms with Crippen molar-refractivity contribution in [2.45, 2.75) is 25.8 Å². The fraction of sp³-hybridized carbons (Fsp3) is 0.429. The Labute approximate surface area is 149 Å². The third kappa shape index (κ3) is 4.39. The number of methoxy groups -OCH3 is 1. The van der Waals surface area contributed by atoms with Crippen LogP contribution in [0.2, 0.25) is 0 Å². The zero-order valence-corrected chi connectivity index (χ0v) is 14.7. The fourth-order valence-electron chi connectivity index (χ4n) is 3.85. The number of likely N-dealkylation sites (tertiary alicyclic amines) is 1. The van der Waals surface area contributed by atoms with Gasteiger partial charge in [-0.3, -0.25) is 4.90 Å². The van der Waals surface area contributed by atoms with Crippen molar-refractivity contribution in [2.75, 3.05) is 26.8 Å². The van der Waals surface area contributed by atoms with Gasteiger partial charge in [0.25, 0.3) is 0 Å². The molecule has 0 amide bonds. The number of aliphatic hydroxyl groups excluding tert-OH is 1. The number of hydrogen-bond acceptors (Lipinski definition) is 3. The first-order valence-electron chi connectivity index (χ1n) is 8.84. The minimum absolute atomic E-state index is 0.0793. The molecule has 2 aromatic rings. The van der Waals surface area contributed by atoms with Gasteiger partial charge in [-0.15, -0.1) is 0 Å². The van der Waals surface area contributed by atoms with Gasteiger partial charge in [-0.25, -0.2) is 4.39 Å². The van der Waals surface area contributed by atoms with Gasteiger partial charge in [0.2, 0.25) is 0 Å². The molecular weight excluding hydrogens is 317 g/mol. The molecule has 1 aliphatic heterocycles. The number of aliphatic hydroxyl groups is 1. The monoisotopic (exact) mass is 343 g/mol. The summed E-state index contributed by atoms with van der Waals surface area (Å²) in [5.41, 5.74) is 1.61. The van der Waals surface area contributed by atoms with Crippen molar-refractivity contribution in [3.8, 4) is 5.75 Å². The van der Waals surface area contributed by atoms with E-state index in [4.69, 9.17) is 4.74 Å². The van der Waals surface area contributed by atoms with Gasteiger partial charge in [0.15, 0.2) is 0 Å². The predicted octanol–water partition coefficient (Wildman–Crippen LogP) is 3.65. The molecule has 0 aliphatic carbocycles. The molecule has 1 N–H and O–H groups in total. The molecule has 3 nitrogen and oxygen atoms in total. The van der Waals surface area contributed by atoms with Gasteiger partial charge < -0.3 is 9.84 Å². The van der Waals surface area contributed by atoms with Crippen molar-refractivity contribution in [3.05, 3.63) is 65.5 Å². The summed E-state index contributed by atoms with van der Waals surface area (Å²) in [6, 6.07) is 15.0. The zero-order valence-electron chi connectivity index (χ0n) is 14.7. The van der Waals surface area contributed by atoms with Crippen LogP contribution in [0.5, 0.6) is 5.75 Å². The minimum atomic E-state index is -0.278. The summed E-state index contributed by atoms with van der Waals surface area (Å²) in [6.45, 7) is 2.66. The van der Waals surface area contributed by atoms with E-state index in [0.29, 0.717) is 12.0 Å². The second-order valence-electron chi connectivity index (χ2n) is 7.09. The molecule has 2 aromatic carbocycles. The summed E-state index contributed by atoms with van der Waals surface area (Å²) in [4.78, 5) is 2.36. The van der Waals surface area contributed by atoms with Gasteiger partial charge in [0, 0.05) is 18.5 Å². The van der Waals surface area contributed by atoms with Crippen LogP contribution in [0.15, 0.2) is 48.5 Å². The maximum absolute atomic E-state index is 14.1. The molecule has 1 fully saturated rings. The van der Waals surface area contributed by atoms with Crippen LogP contribution in [0.3, 0.4) is 0 Å². The van der Waals surface area contributed by atoms with Crippen molar-refractivity contribution in [3.63, 3.8) is 0 Å². The van der Waals surface area contributed by atoms with Crippen LogP contribution in [0.4, 0.5) is 4.39 Å². The number of rotatable bonds is 6. The Kier molecular flexibility index (Phi) is 5.71. The number of halogens is 1. The summed E-state index contributed by atoms with van der Waals surface area (Å²) < 4.78 is 19.4. The SMILES string of the molecule is COc1cccc(CN2CCC[C@](CO)(Cc3ccccc3F)C2)c1. The number of hydrogen-bond donors (Lipinski definition) is 1. The van der Waals surface area contributed by atoms with E-state index in [1.165, 1.54) is 11.6 Å². The van der Waals surface area contributed by atoms with Crippen LogP contribution >= 0.6 is 0 Å². The van der Waals surface area contributed by atoms with Gasteiger partial charge in [-0.05, 0) is 55.1 Å². The quantitative estimate of drug-likeness (QED) is 0.869. The molecule has 0 unspecified atom stereocenters. The van der Waals surface area contributed by atoms with E-state index in [0.717, 1.165) is 38.2 Å². The van der Waals surface area contributed by atoms with Crippen LogP contribution in [-0.4, -0.2) is 36.8 Å². The van der Waals surface area contributed by atoms with Crippen LogP contribution in [0.25, 0.3) is 0 Å². The molecule has 1 heterocycles. The molecule has 1 saturated heterocycles. The molecule has 0 bridgehead atoms. The Balaban J connectivity index is 1.72. The molecule has 4 heteroatoms. The van der Waals surface area contributed by atoms with Crippen molar-refractivity contribution in [1.29, 1.82) is 0 Å². The van der Waals surface area contributed by atoms with E-state index in [9.17, 15) is 9.50 Å². The van der Waals surface area contributed by atoms with E-state index in [1.807, 2.05) is 30.3 Å². The molecule has 134 valence electrons. The van der Waals surface area contributed by atoms with Crippen LogP contribution in [0, 0.1) is 11.2 Å². The van der Waals surface area contributed by atoms with E-state index in [1.54, 1.807) is 13.2 Å². The van der Waals surface area contributed by atoms with Crippen molar-refractivity contribution in [1.82, 2.24) is 4.90 Å². The van der Waals surface area contributed by atoms with Crippen molar-refractivity contribution >= 4 is 0 Å². The highest BCUT2D eigenvalue weighted by Gasteiger charge is 2.35. The second kappa shape index (κ2) is 7.98. The largest absolute Gasteiger partial charge is 0.497 e. The molecular formula is C21H26FNO2. The average molecular weight is 343 g/mol. The first kappa shape index (κ1) is 17.9. The van der Waals surface area contributed by atoms with E-state index in [2.05, 4.69) is 11.0 Å². The van der Waals surface area contributed by atoms with Gasteiger partial charge in [0.1, 0.15) is 11.6 Å². The fourth-order valence-corrected chi connectivity index (χ4v) is 3.85. The molecule has 3 rings (SSSR count). The Morgan fingerprint density at radius 3 is 2.80 bits per heavy atom. The van der Waals surface area contributed by atoms with Gasteiger partial charge in [-0.2, -0.15) is 0 Å². The highest BCUT2D eigenvalue weighted by Crippen LogP contribution is 2.34. The average Bonchev–Trinajstić information content (AvgIpc) is 2.64. The summed E-state index contributed by atoms with van der Waals surface area (Å²) in [7, 11) is 1.67. The normalized spacial score (nSPS) is 21.2. The van der Waals surface area contributed by atoms with Crippen LogP contribution in [-0.2, 0) is 13.0 Å². The van der Waals surface area contributed by atoms with Gasteiger partial charge in [-0.1, -0.05) is 30.3 Å². The lowest BCUT2D eigenvalue weighted by molar-refractivity contribution is 0.0282.